The topological polar surface area (TPSA) is 30.2 Å². The summed E-state index contributed by atoms with van der Waals surface area (Å²) in [6.45, 7) is 2.09. The number of alkyl halides is 1. The highest BCUT2D eigenvalue weighted by atomic mass is 79.9. The third kappa shape index (κ3) is 2.54. The molecule has 0 aliphatic heterocycles. The van der Waals surface area contributed by atoms with Gasteiger partial charge >= 0.3 is 0 Å². The highest BCUT2D eigenvalue weighted by molar-refractivity contribution is 9.09. The normalized spacial score (nSPS) is 12.7. The number of aryl methyl sites for hydroxylation is 1. The summed E-state index contributed by atoms with van der Waals surface area (Å²) in [7, 11) is 0. The van der Waals surface area contributed by atoms with Crippen molar-refractivity contribution in [2.75, 3.05) is 0 Å². The number of halogens is 1. The van der Waals surface area contributed by atoms with Crippen molar-refractivity contribution in [3.8, 4) is 0 Å². The third-order valence-electron chi connectivity index (χ3n) is 3.15. The number of fused-ring (bicyclic) bond motifs is 1. The Kier molecular flexibility index (Phi) is 3.34. The fourth-order valence-electron chi connectivity index (χ4n) is 2.25. The van der Waals surface area contributed by atoms with Crippen molar-refractivity contribution in [2.24, 2.45) is 0 Å². The van der Waals surface area contributed by atoms with Gasteiger partial charge in [0.05, 0.1) is 0 Å². The van der Waals surface area contributed by atoms with Crippen LogP contribution in [-0.4, -0.2) is 14.6 Å². The summed E-state index contributed by atoms with van der Waals surface area (Å²) in [5.74, 6) is 0. The second-order valence-corrected chi connectivity index (χ2v) is 5.74. The molecule has 3 nitrogen and oxygen atoms in total. The van der Waals surface area contributed by atoms with Crippen LogP contribution in [0.4, 0.5) is 0 Å². The molecule has 3 rings (SSSR count). The van der Waals surface area contributed by atoms with Crippen LogP contribution in [0.1, 0.15) is 21.6 Å². The molecule has 0 amide bonds. The van der Waals surface area contributed by atoms with E-state index in [4.69, 9.17) is 0 Å². The molecule has 0 saturated heterocycles. The fraction of sp³-hybridized carbons (Fsp3) is 0.200. The van der Waals surface area contributed by atoms with Crippen molar-refractivity contribution < 1.29 is 0 Å². The molecule has 0 aliphatic rings. The van der Waals surface area contributed by atoms with Gasteiger partial charge in [0.15, 0.2) is 5.65 Å². The van der Waals surface area contributed by atoms with Crippen LogP contribution in [0.3, 0.4) is 0 Å². The summed E-state index contributed by atoms with van der Waals surface area (Å²) in [6, 6.07) is 14.6. The Morgan fingerprint density at radius 3 is 2.79 bits per heavy atom. The molecule has 0 aliphatic carbocycles. The molecule has 0 N–H and O–H groups in total. The number of aromatic nitrogens is 3. The minimum atomic E-state index is 0.280. The van der Waals surface area contributed by atoms with Crippen LogP contribution >= 0.6 is 15.9 Å². The Hall–Kier alpha value is -1.68. The minimum absolute atomic E-state index is 0.280. The summed E-state index contributed by atoms with van der Waals surface area (Å²) >= 11 is 3.76. The van der Waals surface area contributed by atoms with Crippen LogP contribution in [0.25, 0.3) is 5.65 Å². The van der Waals surface area contributed by atoms with Crippen molar-refractivity contribution in [2.45, 2.75) is 18.2 Å². The molecule has 0 bridgehead atoms. The molecule has 1 atom stereocenters. The molecule has 2 heterocycles. The first kappa shape index (κ1) is 12.4. The van der Waals surface area contributed by atoms with Gasteiger partial charge in [-0.25, -0.2) is 9.50 Å². The summed E-state index contributed by atoms with van der Waals surface area (Å²) < 4.78 is 1.91. The highest BCUT2D eigenvalue weighted by Crippen LogP contribution is 2.27. The first-order valence-corrected chi connectivity index (χ1v) is 7.14. The molecule has 0 radical (unpaired) electrons. The maximum Gasteiger partial charge on any atom is 0.155 e. The molecular formula is C15H14BrN3. The lowest BCUT2D eigenvalue weighted by Crippen LogP contribution is -2.03. The van der Waals surface area contributed by atoms with E-state index in [1.807, 2.05) is 16.6 Å². The van der Waals surface area contributed by atoms with E-state index in [1.54, 1.807) is 6.33 Å². The van der Waals surface area contributed by atoms with Gasteiger partial charge in [0.2, 0.25) is 0 Å². The van der Waals surface area contributed by atoms with E-state index in [0.29, 0.717) is 0 Å². The van der Waals surface area contributed by atoms with E-state index >= 15 is 0 Å². The second kappa shape index (κ2) is 5.13. The van der Waals surface area contributed by atoms with Crippen molar-refractivity contribution in [1.29, 1.82) is 0 Å². The van der Waals surface area contributed by atoms with E-state index in [9.17, 15) is 0 Å². The van der Waals surface area contributed by atoms with Crippen LogP contribution in [0.15, 0.2) is 48.8 Å². The predicted molar refractivity (Wildman–Crippen MR) is 79.5 cm³/mol. The van der Waals surface area contributed by atoms with E-state index < -0.39 is 0 Å². The standard InChI is InChI=1S/C15H14BrN3/c1-11-7-13(19-15(8-11)17-10-18-19)9-14(16)12-5-3-2-4-6-12/h2-8,10,14H,9H2,1H3. The van der Waals surface area contributed by atoms with Gasteiger partial charge in [-0.3, -0.25) is 0 Å². The average Bonchev–Trinajstić information content (AvgIpc) is 2.88. The molecule has 4 heteroatoms. The predicted octanol–water partition coefficient (Wildman–Crippen LogP) is 3.72. The number of hydrogen-bond donors (Lipinski definition) is 0. The number of benzene rings is 1. The van der Waals surface area contributed by atoms with Gasteiger partial charge in [-0.15, -0.1) is 0 Å². The highest BCUT2D eigenvalue weighted by Gasteiger charge is 2.11. The van der Waals surface area contributed by atoms with Crippen LogP contribution in [0, 0.1) is 6.92 Å². The van der Waals surface area contributed by atoms with E-state index in [0.717, 1.165) is 12.1 Å². The third-order valence-corrected chi connectivity index (χ3v) is 4.00. The van der Waals surface area contributed by atoms with Gasteiger partial charge in [0.25, 0.3) is 0 Å². The van der Waals surface area contributed by atoms with Crippen molar-refractivity contribution in [3.63, 3.8) is 0 Å². The molecule has 3 aromatic rings. The monoisotopic (exact) mass is 315 g/mol. The van der Waals surface area contributed by atoms with Crippen LogP contribution in [0.2, 0.25) is 0 Å². The largest absolute Gasteiger partial charge is 0.218 e. The number of pyridine rings is 1. The van der Waals surface area contributed by atoms with Gasteiger partial charge in [0.1, 0.15) is 6.33 Å². The van der Waals surface area contributed by atoms with Gasteiger partial charge in [-0.05, 0) is 30.2 Å². The van der Waals surface area contributed by atoms with Gasteiger partial charge < -0.3 is 0 Å². The van der Waals surface area contributed by atoms with Crippen LogP contribution in [-0.2, 0) is 6.42 Å². The van der Waals surface area contributed by atoms with E-state index in [2.05, 4.69) is 63.3 Å². The molecule has 19 heavy (non-hydrogen) atoms. The van der Waals surface area contributed by atoms with Gasteiger partial charge in [-0.1, -0.05) is 46.3 Å². The summed E-state index contributed by atoms with van der Waals surface area (Å²) in [4.78, 5) is 4.54. The molecule has 1 aromatic carbocycles. The van der Waals surface area contributed by atoms with Crippen molar-refractivity contribution in [3.05, 3.63) is 65.6 Å². The molecule has 96 valence electrons. The number of rotatable bonds is 3. The Balaban J connectivity index is 1.95. The van der Waals surface area contributed by atoms with Crippen molar-refractivity contribution >= 4 is 21.6 Å². The Labute approximate surface area is 120 Å². The molecule has 1 unspecified atom stereocenters. The van der Waals surface area contributed by atoms with E-state index in [-0.39, 0.29) is 4.83 Å². The lowest BCUT2D eigenvalue weighted by atomic mass is 10.1. The van der Waals surface area contributed by atoms with E-state index in [1.165, 1.54) is 16.8 Å². The molecule has 0 saturated carbocycles. The smallest absolute Gasteiger partial charge is 0.155 e. The maximum atomic E-state index is 4.29. The first-order valence-electron chi connectivity index (χ1n) is 6.22. The molecule has 2 aromatic heterocycles. The lowest BCUT2D eigenvalue weighted by molar-refractivity contribution is 0.815. The second-order valence-electron chi connectivity index (χ2n) is 4.64. The zero-order valence-electron chi connectivity index (χ0n) is 10.6. The SMILES string of the molecule is Cc1cc(CC(Br)c2ccccc2)n2ncnc2c1. The average molecular weight is 316 g/mol. The van der Waals surface area contributed by atoms with Crippen LogP contribution < -0.4 is 0 Å². The molecule has 0 fully saturated rings. The quantitative estimate of drug-likeness (QED) is 0.690. The van der Waals surface area contributed by atoms with Gasteiger partial charge in [0, 0.05) is 16.9 Å². The van der Waals surface area contributed by atoms with Crippen LogP contribution in [0.5, 0.6) is 0 Å². The summed E-state index contributed by atoms with van der Waals surface area (Å²) in [5.41, 5.74) is 4.56. The van der Waals surface area contributed by atoms with Crippen molar-refractivity contribution in [1.82, 2.24) is 14.6 Å². The zero-order chi connectivity index (χ0) is 13.2. The fourth-order valence-corrected chi connectivity index (χ4v) is 2.89. The summed E-state index contributed by atoms with van der Waals surface area (Å²) in [6.07, 6.45) is 2.48. The zero-order valence-corrected chi connectivity index (χ0v) is 12.2. The Bertz CT molecular complexity index is 691. The summed E-state index contributed by atoms with van der Waals surface area (Å²) in [5, 5.41) is 4.29. The van der Waals surface area contributed by atoms with Gasteiger partial charge in [-0.2, -0.15) is 5.10 Å². The Morgan fingerprint density at radius 1 is 1.21 bits per heavy atom. The maximum absolute atomic E-state index is 4.29. The number of hydrogen-bond acceptors (Lipinski definition) is 2. The Morgan fingerprint density at radius 2 is 2.00 bits per heavy atom. The molecular weight excluding hydrogens is 302 g/mol. The minimum Gasteiger partial charge on any atom is -0.218 e. The molecule has 0 spiro atoms. The lowest BCUT2D eigenvalue weighted by Gasteiger charge is -2.12. The first-order chi connectivity index (χ1) is 9.24. The number of nitrogens with zero attached hydrogens (tertiary/aromatic N) is 3.